The van der Waals surface area contributed by atoms with Crippen LogP contribution < -0.4 is 10.1 Å². The quantitative estimate of drug-likeness (QED) is 0.854. The highest BCUT2D eigenvalue weighted by Crippen LogP contribution is 2.48. The van der Waals surface area contributed by atoms with E-state index in [0.29, 0.717) is 6.04 Å². The number of halogens is 1. The second kappa shape index (κ2) is 5.92. The second-order valence-corrected chi connectivity index (χ2v) is 7.98. The van der Waals surface area contributed by atoms with Crippen molar-refractivity contribution >= 4 is 15.9 Å². The van der Waals surface area contributed by atoms with E-state index < -0.39 is 0 Å². The van der Waals surface area contributed by atoms with Gasteiger partial charge in [-0.15, -0.1) is 0 Å². The van der Waals surface area contributed by atoms with Gasteiger partial charge in [0.15, 0.2) is 0 Å². The lowest BCUT2D eigenvalue weighted by Crippen LogP contribution is -2.29. The molecule has 2 bridgehead atoms. The van der Waals surface area contributed by atoms with Crippen LogP contribution in [0.25, 0.3) is 0 Å². The summed E-state index contributed by atoms with van der Waals surface area (Å²) in [6, 6.07) is 6.95. The number of benzene rings is 1. The van der Waals surface area contributed by atoms with Crippen LogP contribution in [0.5, 0.6) is 5.75 Å². The Hall–Kier alpha value is -0.540. The third-order valence-electron chi connectivity index (χ3n) is 5.76. The van der Waals surface area contributed by atoms with Gasteiger partial charge in [-0.2, -0.15) is 0 Å². The summed E-state index contributed by atoms with van der Waals surface area (Å²) in [4.78, 5) is 0. The van der Waals surface area contributed by atoms with Gasteiger partial charge in [0, 0.05) is 16.1 Å². The summed E-state index contributed by atoms with van der Waals surface area (Å²) in [7, 11) is 0. The average molecular weight is 350 g/mol. The van der Waals surface area contributed by atoms with Gasteiger partial charge >= 0.3 is 0 Å². The molecule has 1 aromatic carbocycles. The first kappa shape index (κ1) is 14.1. The molecule has 2 fully saturated rings. The van der Waals surface area contributed by atoms with Crippen molar-refractivity contribution in [1.82, 2.24) is 5.32 Å². The molecule has 2 aliphatic carbocycles. The Morgan fingerprint density at radius 2 is 2.14 bits per heavy atom. The summed E-state index contributed by atoms with van der Waals surface area (Å²) in [5.74, 6) is 4.04. The predicted octanol–water partition coefficient (Wildman–Crippen LogP) is 4.69. The molecule has 0 amide bonds. The zero-order valence-electron chi connectivity index (χ0n) is 12.5. The molecule has 1 aromatic rings. The molecule has 0 spiro atoms. The average Bonchev–Trinajstić information content (AvgIpc) is 3.04. The van der Waals surface area contributed by atoms with E-state index in [1.807, 2.05) is 0 Å². The highest BCUT2D eigenvalue weighted by atomic mass is 79.9. The van der Waals surface area contributed by atoms with Crippen LogP contribution in [0.15, 0.2) is 22.7 Å². The summed E-state index contributed by atoms with van der Waals surface area (Å²) in [5, 5.41) is 3.87. The van der Waals surface area contributed by atoms with E-state index >= 15 is 0 Å². The topological polar surface area (TPSA) is 21.3 Å². The Balaban J connectivity index is 1.45. The van der Waals surface area contributed by atoms with Crippen molar-refractivity contribution in [2.75, 3.05) is 13.2 Å². The van der Waals surface area contributed by atoms with Crippen LogP contribution >= 0.6 is 15.9 Å². The number of ether oxygens (including phenoxy) is 1. The maximum atomic E-state index is 5.91. The van der Waals surface area contributed by atoms with Crippen LogP contribution in [0.1, 0.15) is 50.1 Å². The van der Waals surface area contributed by atoms with Crippen LogP contribution in [0.2, 0.25) is 0 Å². The molecule has 1 heterocycles. The van der Waals surface area contributed by atoms with Gasteiger partial charge in [-0.1, -0.05) is 28.4 Å². The largest absolute Gasteiger partial charge is 0.493 e. The van der Waals surface area contributed by atoms with Crippen LogP contribution in [0, 0.1) is 17.8 Å². The maximum absolute atomic E-state index is 5.91. The molecule has 2 saturated carbocycles. The Morgan fingerprint density at radius 3 is 2.95 bits per heavy atom. The lowest BCUT2D eigenvalue weighted by atomic mass is 9.88. The van der Waals surface area contributed by atoms with Gasteiger partial charge in [-0.3, -0.25) is 0 Å². The van der Waals surface area contributed by atoms with Crippen molar-refractivity contribution in [1.29, 1.82) is 0 Å². The molecule has 3 aliphatic rings. The van der Waals surface area contributed by atoms with Gasteiger partial charge in [0.2, 0.25) is 0 Å². The van der Waals surface area contributed by atoms with E-state index in [4.69, 9.17) is 4.74 Å². The first-order valence-corrected chi connectivity index (χ1v) is 9.24. The van der Waals surface area contributed by atoms with Gasteiger partial charge in [0.25, 0.3) is 0 Å². The number of rotatable bonds is 3. The monoisotopic (exact) mass is 349 g/mol. The Kier molecular flexibility index (Phi) is 3.97. The second-order valence-electron chi connectivity index (χ2n) is 7.07. The van der Waals surface area contributed by atoms with Gasteiger partial charge in [0.05, 0.1) is 6.61 Å². The molecule has 2 nitrogen and oxygen atoms in total. The first-order chi connectivity index (χ1) is 10.3. The van der Waals surface area contributed by atoms with Gasteiger partial charge < -0.3 is 10.1 Å². The third-order valence-corrected chi connectivity index (χ3v) is 6.25. The van der Waals surface area contributed by atoms with E-state index in [-0.39, 0.29) is 0 Å². The number of hydrogen-bond acceptors (Lipinski definition) is 2. The van der Waals surface area contributed by atoms with E-state index in [0.717, 1.165) is 41.0 Å². The number of hydrogen-bond donors (Lipinski definition) is 1. The van der Waals surface area contributed by atoms with Crippen LogP contribution in [-0.4, -0.2) is 13.2 Å². The van der Waals surface area contributed by atoms with Crippen molar-refractivity contribution in [2.45, 2.75) is 44.6 Å². The standard InChI is InChI=1S/C18H24BrNO/c19-15-5-6-16-17(2-1-7-21-18(16)10-15)20-11-14-9-12-3-4-13(14)8-12/h5-6,10,12-14,17,20H,1-4,7-9,11H2. The molecule has 4 rings (SSSR count). The summed E-state index contributed by atoms with van der Waals surface area (Å²) in [6.07, 6.45) is 8.28. The fourth-order valence-corrected chi connectivity index (χ4v) is 5.02. The van der Waals surface area contributed by atoms with Crippen molar-refractivity contribution in [3.05, 3.63) is 28.2 Å². The minimum absolute atomic E-state index is 0.467. The van der Waals surface area contributed by atoms with Gasteiger partial charge in [-0.25, -0.2) is 0 Å². The minimum Gasteiger partial charge on any atom is -0.493 e. The summed E-state index contributed by atoms with van der Waals surface area (Å²) in [5.41, 5.74) is 1.35. The fourth-order valence-electron chi connectivity index (χ4n) is 4.68. The highest BCUT2D eigenvalue weighted by Gasteiger charge is 2.39. The normalized spacial score (nSPS) is 34.3. The van der Waals surface area contributed by atoms with E-state index in [2.05, 4.69) is 39.4 Å². The molecule has 1 N–H and O–H groups in total. The number of fused-ring (bicyclic) bond motifs is 3. The molecule has 21 heavy (non-hydrogen) atoms. The summed E-state index contributed by atoms with van der Waals surface area (Å²) in [6.45, 7) is 2.04. The Bertz CT molecular complexity index is 518. The molecule has 4 atom stereocenters. The van der Waals surface area contributed by atoms with E-state index in [1.54, 1.807) is 0 Å². The molecule has 4 unspecified atom stereocenters. The molecule has 0 aromatic heterocycles. The zero-order chi connectivity index (χ0) is 14.2. The molecule has 0 radical (unpaired) electrons. The summed E-state index contributed by atoms with van der Waals surface area (Å²) >= 11 is 3.55. The van der Waals surface area contributed by atoms with Crippen LogP contribution in [-0.2, 0) is 0 Å². The molecular formula is C18H24BrNO. The molecule has 1 aliphatic heterocycles. The lowest BCUT2D eigenvalue weighted by molar-refractivity contribution is 0.299. The van der Waals surface area contributed by atoms with Gasteiger partial charge in [0.1, 0.15) is 5.75 Å². The third kappa shape index (κ3) is 2.87. The van der Waals surface area contributed by atoms with Crippen LogP contribution in [0.3, 0.4) is 0 Å². The Morgan fingerprint density at radius 1 is 1.19 bits per heavy atom. The SMILES string of the molecule is Brc1ccc2c(c1)OCCCC2NCC1CC2CCC1C2. The van der Waals surface area contributed by atoms with Crippen molar-refractivity contribution in [3.63, 3.8) is 0 Å². The Labute approximate surface area is 135 Å². The molecular weight excluding hydrogens is 326 g/mol. The van der Waals surface area contributed by atoms with Crippen molar-refractivity contribution in [2.24, 2.45) is 17.8 Å². The number of nitrogens with one attached hydrogen (secondary N) is 1. The molecule has 0 saturated heterocycles. The predicted molar refractivity (Wildman–Crippen MR) is 88.6 cm³/mol. The lowest BCUT2D eigenvalue weighted by Gasteiger charge is -2.25. The highest BCUT2D eigenvalue weighted by molar-refractivity contribution is 9.10. The molecule has 114 valence electrons. The van der Waals surface area contributed by atoms with E-state index in [9.17, 15) is 0 Å². The maximum Gasteiger partial charge on any atom is 0.125 e. The van der Waals surface area contributed by atoms with Gasteiger partial charge in [-0.05, 0) is 68.5 Å². The van der Waals surface area contributed by atoms with Crippen molar-refractivity contribution < 1.29 is 4.74 Å². The fraction of sp³-hybridized carbons (Fsp3) is 0.667. The van der Waals surface area contributed by atoms with Crippen LogP contribution in [0.4, 0.5) is 0 Å². The van der Waals surface area contributed by atoms with E-state index in [1.165, 1.54) is 44.2 Å². The minimum atomic E-state index is 0.467. The molecule has 3 heteroatoms. The zero-order valence-corrected chi connectivity index (χ0v) is 14.1. The summed E-state index contributed by atoms with van der Waals surface area (Å²) < 4.78 is 7.02. The smallest absolute Gasteiger partial charge is 0.125 e. The first-order valence-electron chi connectivity index (χ1n) is 8.45. The van der Waals surface area contributed by atoms with Crippen molar-refractivity contribution in [3.8, 4) is 5.75 Å².